The third-order valence-corrected chi connectivity index (χ3v) is 9.18. The van der Waals surface area contributed by atoms with Crippen molar-refractivity contribution in [3.63, 3.8) is 0 Å². The minimum absolute atomic E-state index is 0.0334. The monoisotopic (exact) mass is 585 g/mol. The highest BCUT2D eigenvalue weighted by molar-refractivity contribution is 9.10. The molecule has 0 atom stereocenters. The van der Waals surface area contributed by atoms with Crippen LogP contribution in [0, 0.1) is 0 Å². The summed E-state index contributed by atoms with van der Waals surface area (Å²) in [7, 11) is 0. The van der Waals surface area contributed by atoms with Crippen LogP contribution in [0.15, 0.2) is 93.3 Å². The van der Waals surface area contributed by atoms with Crippen LogP contribution < -0.4 is 10.9 Å². The molecular formula is C31H28BrN3O2S. The lowest BCUT2D eigenvalue weighted by atomic mass is 9.68. The third-order valence-electron chi connectivity index (χ3n) is 7.67. The number of thioether (sulfide) groups is 1. The predicted molar refractivity (Wildman–Crippen MR) is 157 cm³/mol. The first kappa shape index (κ1) is 25.1. The fourth-order valence-electron chi connectivity index (χ4n) is 5.92. The average Bonchev–Trinajstić information content (AvgIpc) is 3.39. The molecule has 1 saturated carbocycles. The smallest absolute Gasteiger partial charge is 0.258 e. The Hall–Kier alpha value is -3.16. The molecule has 1 amide bonds. The number of hydrogen-bond donors (Lipinski definition) is 1. The van der Waals surface area contributed by atoms with E-state index < -0.39 is 0 Å². The number of fused-ring (bicyclic) bond motifs is 4. The quantitative estimate of drug-likeness (QED) is 0.199. The standard InChI is InChI=1S/C31H28BrN3O2S/c32-23-12-14-24(15-13-23)33-26(36)20-38-30-34-28-25-11-5-4-10-22(25)18-31(16-6-7-17-31)27(28)29(37)35(30)19-21-8-2-1-3-9-21/h1-5,8-15H,6-7,16-20H2,(H,33,36). The van der Waals surface area contributed by atoms with Gasteiger partial charge in [0.15, 0.2) is 5.16 Å². The number of carbonyl (C=O) groups excluding carboxylic acids is 1. The highest BCUT2D eigenvalue weighted by Gasteiger charge is 2.44. The van der Waals surface area contributed by atoms with Crippen LogP contribution in [-0.4, -0.2) is 21.2 Å². The van der Waals surface area contributed by atoms with E-state index in [-0.39, 0.29) is 22.6 Å². The Kier molecular flexibility index (Phi) is 6.97. The van der Waals surface area contributed by atoms with Gasteiger partial charge >= 0.3 is 0 Å². The summed E-state index contributed by atoms with van der Waals surface area (Å²) in [5.41, 5.74) is 5.63. The molecule has 3 aromatic carbocycles. The van der Waals surface area contributed by atoms with Crippen molar-refractivity contribution in [2.45, 2.75) is 49.2 Å². The molecule has 1 aromatic heterocycles. The highest BCUT2D eigenvalue weighted by Crippen LogP contribution is 2.50. The third kappa shape index (κ3) is 4.85. The molecule has 1 fully saturated rings. The van der Waals surface area contributed by atoms with Gasteiger partial charge in [-0.05, 0) is 54.7 Å². The van der Waals surface area contributed by atoms with Gasteiger partial charge in [0.05, 0.1) is 23.6 Å². The zero-order valence-corrected chi connectivity index (χ0v) is 23.4. The molecule has 0 saturated heterocycles. The molecule has 1 N–H and O–H groups in total. The largest absolute Gasteiger partial charge is 0.325 e. The van der Waals surface area contributed by atoms with Crippen LogP contribution in [0.5, 0.6) is 0 Å². The number of carbonyl (C=O) groups is 1. The van der Waals surface area contributed by atoms with Crippen LogP contribution in [0.25, 0.3) is 11.3 Å². The summed E-state index contributed by atoms with van der Waals surface area (Å²) >= 11 is 4.74. The lowest BCUT2D eigenvalue weighted by Crippen LogP contribution is -2.40. The van der Waals surface area contributed by atoms with E-state index in [1.807, 2.05) is 60.7 Å². The summed E-state index contributed by atoms with van der Waals surface area (Å²) in [6.45, 7) is 0.425. The number of amides is 1. The zero-order valence-electron chi connectivity index (χ0n) is 21.0. The molecule has 6 rings (SSSR count). The summed E-state index contributed by atoms with van der Waals surface area (Å²) in [6.07, 6.45) is 5.18. The van der Waals surface area contributed by atoms with E-state index in [1.165, 1.54) is 17.3 Å². The number of nitrogens with one attached hydrogen (secondary N) is 1. The van der Waals surface area contributed by atoms with Gasteiger partial charge in [-0.25, -0.2) is 4.98 Å². The van der Waals surface area contributed by atoms with Crippen LogP contribution in [0.4, 0.5) is 5.69 Å². The van der Waals surface area contributed by atoms with Gasteiger partial charge in [-0.1, -0.05) is 95.1 Å². The minimum Gasteiger partial charge on any atom is -0.325 e. The molecule has 2 aliphatic rings. The Balaban J connectivity index is 1.41. The van der Waals surface area contributed by atoms with E-state index in [1.54, 1.807) is 4.57 Å². The van der Waals surface area contributed by atoms with Crippen molar-refractivity contribution in [1.82, 2.24) is 9.55 Å². The van der Waals surface area contributed by atoms with Crippen LogP contribution in [0.2, 0.25) is 0 Å². The Morgan fingerprint density at radius 2 is 1.68 bits per heavy atom. The lowest BCUT2D eigenvalue weighted by molar-refractivity contribution is -0.113. The van der Waals surface area contributed by atoms with Crippen molar-refractivity contribution >= 4 is 39.3 Å². The van der Waals surface area contributed by atoms with E-state index in [0.29, 0.717) is 11.7 Å². The molecule has 0 unspecified atom stereocenters. The van der Waals surface area contributed by atoms with Gasteiger partial charge in [-0.15, -0.1) is 0 Å². The molecule has 0 bridgehead atoms. The fourth-order valence-corrected chi connectivity index (χ4v) is 6.98. The molecule has 2 aliphatic carbocycles. The van der Waals surface area contributed by atoms with Gasteiger partial charge in [0, 0.05) is 21.1 Å². The SMILES string of the molecule is O=C(CSc1nc2c(c(=O)n1Cc1ccccc1)C1(CCCC1)Cc1ccccc1-2)Nc1ccc(Br)cc1. The Labute approximate surface area is 234 Å². The van der Waals surface area contributed by atoms with Crippen molar-refractivity contribution in [2.75, 3.05) is 11.1 Å². The number of halogens is 1. The van der Waals surface area contributed by atoms with Gasteiger partial charge in [-0.2, -0.15) is 0 Å². The van der Waals surface area contributed by atoms with Gasteiger partial charge in [0.2, 0.25) is 5.91 Å². The second-order valence-corrected chi connectivity index (χ2v) is 12.0. The average molecular weight is 587 g/mol. The molecule has 1 spiro atoms. The molecule has 38 heavy (non-hydrogen) atoms. The van der Waals surface area contributed by atoms with Crippen molar-refractivity contribution in [2.24, 2.45) is 0 Å². The van der Waals surface area contributed by atoms with Gasteiger partial charge in [0.25, 0.3) is 5.56 Å². The summed E-state index contributed by atoms with van der Waals surface area (Å²) in [4.78, 5) is 32.4. The van der Waals surface area contributed by atoms with Crippen molar-refractivity contribution in [1.29, 1.82) is 0 Å². The van der Waals surface area contributed by atoms with Crippen LogP contribution in [0.3, 0.4) is 0 Å². The number of hydrogen-bond acceptors (Lipinski definition) is 4. The fraction of sp³-hybridized carbons (Fsp3) is 0.258. The van der Waals surface area contributed by atoms with E-state index in [4.69, 9.17) is 4.98 Å². The Morgan fingerprint density at radius 1 is 0.974 bits per heavy atom. The molecular weight excluding hydrogens is 558 g/mol. The maximum atomic E-state index is 14.4. The topological polar surface area (TPSA) is 64.0 Å². The lowest BCUT2D eigenvalue weighted by Gasteiger charge is -2.36. The zero-order chi connectivity index (χ0) is 26.1. The Morgan fingerprint density at radius 3 is 2.45 bits per heavy atom. The van der Waals surface area contributed by atoms with Crippen LogP contribution in [0.1, 0.15) is 42.4 Å². The molecule has 0 radical (unpaired) electrons. The second-order valence-electron chi connectivity index (χ2n) is 10.2. The number of anilines is 1. The first-order valence-electron chi connectivity index (χ1n) is 13.0. The highest BCUT2D eigenvalue weighted by atomic mass is 79.9. The van der Waals surface area contributed by atoms with Crippen molar-refractivity contribution < 1.29 is 4.79 Å². The summed E-state index contributed by atoms with van der Waals surface area (Å²) in [6, 6.07) is 25.8. The summed E-state index contributed by atoms with van der Waals surface area (Å²) < 4.78 is 2.74. The number of benzene rings is 3. The second kappa shape index (κ2) is 10.5. The number of nitrogens with zero attached hydrogens (tertiary/aromatic N) is 2. The molecule has 1 heterocycles. The van der Waals surface area contributed by atoms with Crippen molar-refractivity contribution in [3.8, 4) is 11.3 Å². The first-order chi connectivity index (χ1) is 18.5. The first-order valence-corrected chi connectivity index (χ1v) is 14.8. The van der Waals surface area contributed by atoms with Gasteiger partial charge in [-0.3, -0.25) is 14.2 Å². The predicted octanol–water partition coefficient (Wildman–Crippen LogP) is 6.82. The van der Waals surface area contributed by atoms with Crippen LogP contribution >= 0.6 is 27.7 Å². The minimum atomic E-state index is -0.158. The molecule has 5 nitrogen and oxygen atoms in total. The van der Waals surface area contributed by atoms with Gasteiger partial charge < -0.3 is 5.32 Å². The number of rotatable bonds is 6. The van der Waals surface area contributed by atoms with E-state index in [0.717, 1.165) is 64.6 Å². The van der Waals surface area contributed by atoms with E-state index in [2.05, 4.69) is 39.4 Å². The summed E-state index contributed by atoms with van der Waals surface area (Å²) in [5, 5.41) is 3.52. The Bertz CT molecular complexity index is 1540. The molecule has 7 heteroatoms. The van der Waals surface area contributed by atoms with Gasteiger partial charge in [0.1, 0.15) is 0 Å². The molecule has 0 aliphatic heterocycles. The molecule has 4 aromatic rings. The van der Waals surface area contributed by atoms with E-state index in [9.17, 15) is 9.59 Å². The maximum Gasteiger partial charge on any atom is 0.258 e. The maximum absolute atomic E-state index is 14.4. The normalized spacial score (nSPS) is 15.2. The van der Waals surface area contributed by atoms with Crippen molar-refractivity contribution in [3.05, 3.63) is 110 Å². The van der Waals surface area contributed by atoms with Crippen LogP contribution in [-0.2, 0) is 23.2 Å². The molecule has 192 valence electrons. The number of aromatic nitrogens is 2. The van der Waals surface area contributed by atoms with E-state index >= 15 is 0 Å². The summed E-state index contributed by atoms with van der Waals surface area (Å²) in [5.74, 6) is 0.0197.